The Balaban J connectivity index is 2.14. The molecule has 0 saturated carbocycles. The lowest BCUT2D eigenvalue weighted by molar-refractivity contribution is -0.131. The summed E-state index contributed by atoms with van der Waals surface area (Å²) in [6.45, 7) is 1.67. The monoisotopic (exact) mass is 358 g/mol. The second kappa shape index (κ2) is 10.2. The van der Waals surface area contributed by atoms with Crippen molar-refractivity contribution in [2.45, 2.75) is 6.92 Å². The molecule has 0 radical (unpaired) electrons. The zero-order chi connectivity index (χ0) is 18.8. The Kier molecular flexibility index (Phi) is 7.67. The van der Waals surface area contributed by atoms with Gasteiger partial charge in [0, 0.05) is 27.2 Å². The first-order chi connectivity index (χ1) is 12.6. The summed E-state index contributed by atoms with van der Waals surface area (Å²) >= 11 is 0. The SMILES string of the molecule is COCOc1cc(C=Cc2ccc(OC(C)=O)cc2)cc(OCOC)c1. The molecule has 0 heterocycles. The van der Waals surface area contributed by atoms with Crippen molar-refractivity contribution in [1.82, 2.24) is 0 Å². The van der Waals surface area contributed by atoms with Gasteiger partial charge in [0.15, 0.2) is 13.6 Å². The highest BCUT2D eigenvalue weighted by atomic mass is 16.7. The van der Waals surface area contributed by atoms with Gasteiger partial charge in [0.25, 0.3) is 0 Å². The number of benzene rings is 2. The Morgan fingerprint density at radius 2 is 1.35 bits per heavy atom. The molecule has 0 bridgehead atoms. The molecular formula is C20H22O6. The smallest absolute Gasteiger partial charge is 0.308 e. The van der Waals surface area contributed by atoms with Gasteiger partial charge < -0.3 is 23.7 Å². The number of rotatable bonds is 9. The third-order valence-corrected chi connectivity index (χ3v) is 3.20. The van der Waals surface area contributed by atoms with E-state index in [0.717, 1.165) is 11.1 Å². The second-order valence-electron chi connectivity index (χ2n) is 5.34. The highest BCUT2D eigenvalue weighted by Crippen LogP contribution is 2.25. The van der Waals surface area contributed by atoms with Crippen LogP contribution in [0.25, 0.3) is 12.2 Å². The van der Waals surface area contributed by atoms with Crippen molar-refractivity contribution in [2.24, 2.45) is 0 Å². The number of esters is 1. The van der Waals surface area contributed by atoms with Crippen molar-refractivity contribution >= 4 is 18.1 Å². The number of hydrogen-bond donors (Lipinski definition) is 0. The van der Waals surface area contributed by atoms with E-state index in [1.165, 1.54) is 6.92 Å². The number of carbonyl (C=O) groups excluding carboxylic acids is 1. The molecule has 0 aliphatic rings. The van der Waals surface area contributed by atoms with Gasteiger partial charge in [0.2, 0.25) is 0 Å². The predicted octanol–water partition coefficient (Wildman–Crippen LogP) is 3.75. The van der Waals surface area contributed by atoms with Gasteiger partial charge in [-0.1, -0.05) is 24.3 Å². The summed E-state index contributed by atoms with van der Waals surface area (Å²) in [6.07, 6.45) is 3.87. The van der Waals surface area contributed by atoms with E-state index >= 15 is 0 Å². The van der Waals surface area contributed by atoms with Crippen LogP contribution < -0.4 is 14.2 Å². The number of hydrogen-bond acceptors (Lipinski definition) is 6. The summed E-state index contributed by atoms with van der Waals surface area (Å²) in [5.74, 6) is 1.43. The predicted molar refractivity (Wildman–Crippen MR) is 98.1 cm³/mol. The lowest BCUT2D eigenvalue weighted by Gasteiger charge is -2.10. The number of ether oxygens (including phenoxy) is 5. The first-order valence-electron chi connectivity index (χ1n) is 7.96. The van der Waals surface area contributed by atoms with Gasteiger partial charge in [0.1, 0.15) is 17.2 Å². The summed E-state index contributed by atoms with van der Waals surface area (Å²) in [5, 5.41) is 0. The Bertz CT molecular complexity index is 710. The summed E-state index contributed by atoms with van der Waals surface area (Å²) in [7, 11) is 3.12. The Hall–Kier alpha value is -2.83. The lowest BCUT2D eigenvalue weighted by Crippen LogP contribution is -2.02. The van der Waals surface area contributed by atoms with Gasteiger partial charge in [-0.05, 0) is 35.4 Å². The maximum absolute atomic E-state index is 10.9. The number of methoxy groups -OCH3 is 2. The van der Waals surface area contributed by atoms with Crippen LogP contribution in [-0.4, -0.2) is 33.8 Å². The second-order valence-corrected chi connectivity index (χ2v) is 5.34. The van der Waals surface area contributed by atoms with Crippen LogP contribution in [-0.2, 0) is 14.3 Å². The van der Waals surface area contributed by atoms with E-state index < -0.39 is 0 Å². The maximum Gasteiger partial charge on any atom is 0.308 e. The normalized spacial score (nSPS) is 10.7. The molecule has 0 spiro atoms. The summed E-state index contributed by atoms with van der Waals surface area (Å²) in [4.78, 5) is 10.9. The molecular weight excluding hydrogens is 336 g/mol. The first-order valence-corrected chi connectivity index (χ1v) is 7.96. The Morgan fingerprint density at radius 3 is 1.85 bits per heavy atom. The standard InChI is InChI=1S/C20H22O6/c1-15(21)26-18-8-6-16(7-9-18)4-5-17-10-19(24-13-22-2)12-20(11-17)25-14-23-3/h4-12H,13-14H2,1-3H3. The van der Waals surface area contributed by atoms with Crippen molar-refractivity contribution in [3.05, 3.63) is 53.6 Å². The molecule has 0 saturated heterocycles. The van der Waals surface area contributed by atoms with E-state index in [4.69, 9.17) is 23.7 Å². The quantitative estimate of drug-likeness (QED) is 0.294. The molecule has 6 heteroatoms. The van der Waals surface area contributed by atoms with Crippen molar-refractivity contribution in [2.75, 3.05) is 27.8 Å². The fraction of sp³-hybridized carbons (Fsp3) is 0.250. The molecule has 26 heavy (non-hydrogen) atoms. The van der Waals surface area contributed by atoms with Gasteiger partial charge in [-0.3, -0.25) is 4.79 Å². The van der Waals surface area contributed by atoms with Crippen LogP contribution in [0.15, 0.2) is 42.5 Å². The summed E-state index contributed by atoms with van der Waals surface area (Å²) < 4.78 is 25.9. The van der Waals surface area contributed by atoms with E-state index in [-0.39, 0.29) is 19.6 Å². The van der Waals surface area contributed by atoms with Crippen molar-refractivity contribution in [3.8, 4) is 17.2 Å². The summed E-state index contributed by atoms with van der Waals surface area (Å²) in [5.41, 5.74) is 1.86. The largest absolute Gasteiger partial charge is 0.467 e. The molecule has 0 N–H and O–H groups in total. The fourth-order valence-electron chi connectivity index (χ4n) is 2.12. The van der Waals surface area contributed by atoms with E-state index in [1.807, 2.05) is 36.4 Å². The Labute approximate surface area is 152 Å². The molecule has 2 aromatic rings. The third-order valence-electron chi connectivity index (χ3n) is 3.20. The van der Waals surface area contributed by atoms with E-state index in [2.05, 4.69) is 0 Å². The van der Waals surface area contributed by atoms with Crippen LogP contribution in [0.4, 0.5) is 0 Å². The van der Waals surface area contributed by atoms with Crippen LogP contribution in [0.5, 0.6) is 17.2 Å². The minimum absolute atomic E-state index is 0.147. The molecule has 2 rings (SSSR count). The molecule has 0 amide bonds. The van der Waals surface area contributed by atoms with Gasteiger partial charge in [-0.25, -0.2) is 0 Å². The molecule has 138 valence electrons. The van der Waals surface area contributed by atoms with Crippen LogP contribution >= 0.6 is 0 Å². The molecule has 0 atom stereocenters. The van der Waals surface area contributed by atoms with Crippen LogP contribution in [0.1, 0.15) is 18.1 Å². The first kappa shape index (κ1) is 19.5. The molecule has 0 aromatic heterocycles. The van der Waals surface area contributed by atoms with Crippen molar-refractivity contribution in [3.63, 3.8) is 0 Å². The molecule has 2 aromatic carbocycles. The summed E-state index contributed by atoms with van der Waals surface area (Å²) in [6, 6.07) is 12.7. The topological polar surface area (TPSA) is 63.2 Å². The van der Waals surface area contributed by atoms with E-state index in [1.54, 1.807) is 32.4 Å². The van der Waals surface area contributed by atoms with Gasteiger partial charge in [-0.15, -0.1) is 0 Å². The Morgan fingerprint density at radius 1 is 0.808 bits per heavy atom. The highest BCUT2D eigenvalue weighted by molar-refractivity contribution is 5.72. The molecule has 0 aliphatic heterocycles. The molecule has 0 unspecified atom stereocenters. The van der Waals surface area contributed by atoms with Crippen LogP contribution in [0.2, 0.25) is 0 Å². The third kappa shape index (κ3) is 6.58. The average molecular weight is 358 g/mol. The number of carbonyl (C=O) groups is 1. The van der Waals surface area contributed by atoms with Gasteiger partial charge in [0.05, 0.1) is 0 Å². The lowest BCUT2D eigenvalue weighted by atomic mass is 10.1. The highest BCUT2D eigenvalue weighted by Gasteiger charge is 2.03. The van der Waals surface area contributed by atoms with Crippen LogP contribution in [0, 0.1) is 0 Å². The van der Waals surface area contributed by atoms with Gasteiger partial charge in [-0.2, -0.15) is 0 Å². The molecule has 0 fully saturated rings. The average Bonchev–Trinajstić information content (AvgIpc) is 2.63. The molecule has 6 nitrogen and oxygen atoms in total. The molecule has 0 aliphatic carbocycles. The van der Waals surface area contributed by atoms with Crippen LogP contribution in [0.3, 0.4) is 0 Å². The van der Waals surface area contributed by atoms with E-state index in [9.17, 15) is 4.79 Å². The minimum Gasteiger partial charge on any atom is -0.467 e. The maximum atomic E-state index is 10.9. The van der Waals surface area contributed by atoms with E-state index in [0.29, 0.717) is 17.2 Å². The zero-order valence-electron chi connectivity index (χ0n) is 15.1. The van der Waals surface area contributed by atoms with Crippen molar-refractivity contribution in [1.29, 1.82) is 0 Å². The van der Waals surface area contributed by atoms with Gasteiger partial charge >= 0.3 is 5.97 Å². The van der Waals surface area contributed by atoms with Crippen molar-refractivity contribution < 1.29 is 28.5 Å². The fourth-order valence-corrected chi connectivity index (χ4v) is 2.12. The zero-order valence-corrected chi connectivity index (χ0v) is 15.1. The minimum atomic E-state index is -0.343.